The van der Waals surface area contributed by atoms with Gasteiger partial charge in [-0.25, -0.2) is 0 Å². The number of halogens is 2. The number of ether oxygens (including phenoxy) is 1. The number of fused-ring (bicyclic) bond motifs is 1. The summed E-state index contributed by atoms with van der Waals surface area (Å²) in [6, 6.07) is 13.1. The van der Waals surface area contributed by atoms with Crippen LogP contribution in [0.2, 0.25) is 10.0 Å². The standard InChI is InChI=1S/C20H18Cl2N2O2S/c1-2-26-11-10-24-19-16(22)12-15(21)13-17(19)27-20(24)23-18(25)9-8-14-6-4-3-5-7-14/h3-9,12-13H,2,10-11H2,1H3/b9-8+,23-20?. The van der Waals surface area contributed by atoms with Gasteiger partial charge in [0.25, 0.3) is 5.91 Å². The van der Waals surface area contributed by atoms with Crippen LogP contribution in [0.3, 0.4) is 0 Å². The van der Waals surface area contributed by atoms with Crippen LogP contribution in [0.4, 0.5) is 0 Å². The van der Waals surface area contributed by atoms with Crippen molar-refractivity contribution < 1.29 is 9.53 Å². The van der Waals surface area contributed by atoms with Crippen LogP contribution in [-0.2, 0) is 16.1 Å². The van der Waals surface area contributed by atoms with E-state index in [1.54, 1.807) is 12.1 Å². The molecule has 3 aromatic rings. The van der Waals surface area contributed by atoms with Gasteiger partial charge in [0.15, 0.2) is 4.80 Å². The first-order valence-electron chi connectivity index (χ1n) is 8.46. The fourth-order valence-electron chi connectivity index (χ4n) is 2.59. The summed E-state index contributed by atoms with van der Waals surface area (Å²) < 4.78 is 8.24. The molecule has 0 saturated carbocycles. The first-order valence-corrected chi connectivity index (χ1v) is 10.0. The van der Waals surface area contributed by atoms with E-state index in [1.807, 2.05) is 47.9 Å². The van der Waals surface area contributed by atoms with Crippen LogP contribution in [0.1, 0.15) is 12.5 Å². The molecule has 1 heterocycles. The largest absolute Gasteiger partial charge is 0.380 e. The minimum Gasteiger partial charge on any atom is -0.380 e. The third-order valence-corrected chi connectivity index (χ3v) is 5.31. The van der Waals surface area contributed by atoms with Crippen LogP contribution in [0.5, 0.6) is 0 Å². The quantitative estimate of drug-likeness (QED) is 0.406. The predicted molar refractivity (Wildman–Crippen MR) is 112 cm³/mol. The van der Waals surface area contributed by atoms with Crippen LogP contribution in [0.25, 0.3) is 16.3 Å². The number of nitrogens with zero attached hydrogens (tertiary/aromatic N) is 2. The summed E-state index contributed by atoms with van der Waals surface area (Å²) >= 11 is 13.9. The second kappa shape index (κ2) is 9.33. The molecule has 0 bridgehead atoms. The first kappa shape index (κ1) is 19.8. The molecule has 0 spiro atoms. The molecular weight excluding hydrogens is 403 g/mol. The molecule has 0 fully saturated rings. The van der Waals surface area contributed by atoms with Gasteiger partial charge in [0, 0.05) is 24.3 Å². The number of benzene rings is 2. The number of thiazole rings is 1. The van der Waals surface area contributed by atoms with E-state index >= 15 is 0 Å². The minimum atomic E-state index is -0.335. The molecule has 140 valence electrons. The minimum absolute atomic E-state index is 0.335. The van der Waals surface area contributed by atoms with E-state index in [0.717, 1.165) is 15.8 Å². The third-order valence-electron chi connectivity index (χ3n) is 3.78. The summed E-state index contributed by atoms with van der Waals surface area (Å²) in [5.74, 6) is -0.335. The highest BCUT2D eigenvalue weighted by molar-refractivity contribution is 7.16. The molecule has 1 aromatic heterocycles. The van der Waals surface area contributed by atoms with E-state index in [0.29, 0.717) is 34.6 Å². The van der Waals surface area contributed by atoms with Crippen LogP contribution >= 0.6 is 34.5 Å². The van der Waals surface area contributed by atoms with Crippen molar-refractivity contribution in [2.45, 2.75) is 13.5 Å². The van der Waals surface area contributed by atoms with Crippen molar-refractivity contribution in [1.82, 2.24) is 4.57 Å². The highest BCUT2D eigenvalue weighted by Crippen LogP contribution is 2.29. The zero-order chi connectivity index (χ0) is 19.2. The number of hydrogen-bond donors (Lipinski definition) is 0. The van der Waals surface area contributed by atoms with E-state index in [9.17, 15) is 4.79 Å². The van der Waals surface area contributed by atoms with E-state index < -0.39 is 0 Å². The number of hydrogen-bond acceptors (Lipinski definition) is 3. The molecule has 4 nitrogen and oxygen atoms in total. The lowest BCUT2D eigenvalue weighted by molar-refractivity contribution is -0.113. The summed E-state index contributed by atoms with van der Waals surface area (Å²) in [6.45, 7) is 3.60. The van der Waals surface area contributed by atoms with Crippen molar-refractivity contribution in [1.29, 1.82) is 0 Å². The fourth-order valence-corrected chi connectivity index (χ4v) is 4.43. The number of carbonyl (C=O) groups is 1. The van der Waals surface area contributed by atoms with Crippen molar-refractivity contribution in [3.8, 4) is 0 Å². The first-order chi connectivity index (χ1) is 13.1. The van der Waals surface area contributed by atoms with Gasteiger partial charge in [0.05, 0.1) is 21.8 Å². The average Bonchev–Trinajstić information content (AvgIpc) is 2.98. The van der Waals surface area contributed by atoms with Gasteiger partial charge >= 0.3 is 0 Å². The maximum atomic E-state index is 12.3. The lowest BCUT2D eigenvalue weighted by atomic mass is 10.2. The van der Waals surface area contributed by atoms with Crippen LogP contribution in [0, 0.1) is 0 Å². The smallest absolute Gasteiger partial charge is 0.272 e. The molecule has 1 amide bonds. The molecule has 0 N–H and O–H groups in total. The second-order valence-electron chi connectivity index (χ2n) is 5.66. The Hall–Kier alpha value is -1.92. The summed E-state index contributed by atoms with van der Waals surface area (Å²) in [7, 11) is 0. The summed E-state index contributed by atoms with van der Waals surface area (Å²) in [6.07, 6.45) is 3.20. The second-order valence-corrected chi connectivity index (χ2v) is 7.51. The molecule has 3 rings (SSSR count). The lowest BCUT2D eigenvalue weighted by Gasteiger charge is -2.06. The van der Waals surface area contributed by atoms with Gasteiger partial charge in [-0.05, 0) is 30.7 Å². The number of carbonyl (C=O) groups excluding carboxylic acids is 1. The van der Waals surface area contributed by atoms with Crippen molar-refractivity contribution >= 4 is 56.7 Å². The molecule has 0 radical (unpaired) electrons. The van der Waals surface area contributed by atoms with E-state index in [4.69, 9.17) is 27.9 Å². The number of aromatic nitrogens is 1. The highest BCUT2D eigenvalue weighted by atomic mass is 35.5. The van der Waals surface area contributed by atoms with E-state index in [-0.39, 0.29) is 5.91 Å². The van der Waals surface area contributed by atoms with Crippen LogP contribution in [0.15, 0.2) is 53.5 Å². The maximum Gasteiger partial charge on any atom is 0.272 e. The lowest BCUT2D eigenvalue weighted by Crippen LogP contribution is -2.19. The monoisotopic (exact) mass is 420 g/mol. The molecule has 0 aliphatic carbocycles. The maximum absolute atomic E-state index is 12.3. The molecule has 0 saturated heterocycles. The van der Waals surface area contributed by atoms with Gasteiger partial charge in [0.2, 0.25) is 0 Å². The van der Waals surface area contributed by atoms with Gasteiger partial charge in [-0.3, -0.25) is 4.79 Å². The Bertz CT molecular complexity index is 1040. The Balaban J connectivity index is 1.99. The van der Waals surface area contributed by atoms with Crippen LogP contribution < -0.4 is 4.80 Å². The summed E-state index contributed by atoms with van der Waals surface area (Å²) in [5, 5.41) is 1.08. The van der Waals surface area contributed by atoms with Crippen LogP contribution in [-0.4, -0.2) is 23.7 Å². The van der Waals surface area contributed by atoms with Crippen molar-refractivity contribution in [3.63, 3.8) is 0 Å². The zero-order valence-electron chi connectivity index (χ0n) is 14.7. The van der Waals surface area contributed by atoms with Crippen molar-refractivity contribution in [3.05, 3.63) is 69.0 Å². The number of amides is 1. The molecule has 0 aliphatic heterocycles. The number of rotatable bonds is 6. The predicted octanol–water partition coefficient (Wildman–Crippen LogP) is 5.19. The Labute approximate surface area is 171 Å². The van der Waals surface area contributed by atoms with Crippen molar-refractivity contribution in [2.75, 3.05) is 13.2 Å². The molecule has 0 aliphatic rings. The summed E-state index contributed by atoms with van der Waals surface area (Å²) in [4.78, 5) is 17.2. The van der Waals surface area contributed by atoms with Gasteiger partial charge in [-0.15, -0.1) is 0 Å². The topological polar surface area (TPSA) is 43.6 Å². The van der Waals surface area contributed by atoms with Crippen molar-refractivity contribution in [2.24, 2.45) is 4.99 Å². The average molecular weight is 421 g/mol. The normalized spacial score (nSPS) is 12.3. The Morgan fingerprint density at radius 2 is 2.04 bits per heavy atom. The van der Waals surface area contributed by atoms with Gasteiger partial charge in [-0.2, -0.15) is 4.99 Å². The Kier molecular flexibility index (Phi) is 6.85. The molecule has 7 heteroatoms. The molecule has 2 aromatic carbocycles. The van der Waals surface area contributed by atoms with Gasteiger partial charge in [-0.1, -0.05) is 64.9 Å². The van der Waals surface area contributed by atoms with Gasteiger partial charge < -0.3 is 9.30 Å². The van der Waals surface area contributed by atoms with Gasteiger partial charge in [0.1, 0.15) is 0 Å². The molecular formula is C20H18Cl2N2O2S. The Morgan fingerprint density at radius 3 is 2.78 bits per heavy atom. The molecule has 27 heavy (non-hydrogen) atoms. The summed E-state index contributed by atoms with van der Waals surface area (Å²) in [5.41, 5.74) is 1.75. The fraction of sp³-hybridized carbons (Fsp3) is 0.200. The van der Waals surface area contributed by atoms with E-state index in [1.165, 1.54) is 17.4 Å². The SMILES string of the molecule is CCOCCn1c(=NC(=O)/C=C/c2ccccc2)sc2cc(Cl)cc(Cl)c21. The molecule has 0 atom stereocenters. The van der Waals surface area contributed by atoms with E-state index in [2.05, 4.69) is 4.99 Å². The Morgan fingerprint density at radius 1 is 1.26 bits per heavy atom. The highest BCUT2D eigenvalue weighted by Gasteiger charge is 2.12. The third kappa shape index (κ3) is 5.08. The molecule has 0 unspecified atom stereocenters. The zero-order valence-corrected chi connectivity index (χ0v) is 17.0.